The quantitative estimate of drug-likeness (QED) is 0.461. The van der Waals surface area contributed by atoms with Crippen molar-refractivity contribution < 1.29 is 13.2 Å². The highest BCUT2D eigenvalue weighted by Gasteiger charge is 2.39. The maximum Gasteiger partial charge on any atom is 0.218 e. The van der Waals surface area contributed by atoms with Crippen molar-refractivity contribution in [2.24, 2.45) is 5.41 Å². The Morgan fingerprint density at radius 3 is 2.53 bits per heavy atom. The van der Waals surface area contributed by atoms with E-state index in [1.54, 1.807) is 4.31 Å². The van der Waals surface area contributed by atoms with Crippen LogP contribution in [0.4, 0.5) is 5.69 Å². The lowest BCUT2D eigenvalue weighted by atomic mass is 10.2. The van der Waals surface area contributed by atoms with Crippen LogP contribution in [-0.4, -0.2) is 50.4 Å². The summed E-state index contributed by atoms with van der Waals surface area (Å²) in [6, 6.07) is 15.1. The van der Waals surface area contributed by atoms with E-state index in [1.165, 1.54) is 12.8 Å². The van der Waals surface area contributed by atoms with Crippen molar-refractivity contribution in [3.05, 3.63) is 87.4 Å². The molecule has 2 aliphatic heterocycles. The predicted molar refractivity (Wildman–Crippen MR) is 146 cm³/mol. The van der Waals surface area contributed by atoms with Gasteiger partial charge in [0.25, 0.3) is 0 Å². The summed E-state index contributed by atoms with van der Waals surface area (Å²) >= 11 is 9.62. The normalized spacial score (nSPS) is 19.9. The Morgan fingerprint density at radius 2 is 1.83 bits per heavy atom. The second-order valence-electron chi connectivity index (χ2n) is 9.87. The van der Waals surface area contributed by atoms with E-state index in [0.29, 0.717) is 37.8 Å². The average Bonchev–Trinajstić information content (AvgIpc) is 3.60. The molecule has 0 bridgehead atoms. The molecule has 36 heavy (non-hydrogen) atoms. The highest BCUT2D eigenvalue weighted by Crippen LogP contribution is 2.45. The van der Waals surface area contributed by atoms with E-state index in [0.717, 1.165) is 27.2 Å². The van der Waals surface area contributed by atoms with Gasteiger partial charge in [0.1, 0.15) is 0 Å². The van der Waals surface area contributed by atoms with Crippen LogP contribution in [0.3, 0.4) is 0 Å². The molecule has 192 valence electrons. The van der Waals surface area contributed by atoms with Crippen molar-refractivity contribution in [1.82, 2.24) is 14.6 Å². The lowest BCUT2D eigenvalue weighted by Gasteiger charge is -2.39. The summed E-state index contributed by atoms with van der Waals surface area (Å²) in [7, 11) is -3.41. The number of nitrogens with one attached hydrogen (secondary N) is 1. The Balaban J connectivity index is 1.27. The first-order valence-electron chi connectivity index (χ1n) is 12.0. The summed E-state index contributed by atoms with van der Waals surface area (Å²) in [4.78, 5) is 2.19. The van der Waals surface area contributed by atoms with Crippen LogP contribution < -0.4 is 10.4 Å². The van der Waals surface area contributed by atoms with Crippen molar-refractivity contribution in [2.75, 3.05) is 37.8 Å². The van der Waals surface area contributed by atoms with Gasteiger partial charge in [-0.2, -0.15) is 4.31 Å². The van der Waals surface area contributed by atoms with Crippen molar-refractivity contribution >= 4 is 43.2 Å². The monoisotopic (exact) mass is 592 g/mol. The van der Waals surface area contributed by atoms with E-state index in [9.17, 15) is 8.42 Å². The number of halogens is 2. The van der Waals surface area contributed by atoms with Gasteiger partial charge in [-0.1, -0.05) is 52.7 Å². The third-order valence-corrected chi connectivity index (χ3v) is 9.39. The molecule has 0 spiro atoms. The van der Waals surface area contributed by atoms with Crippen molar-refractivity contribution in [2.45, 2.75) is 25.5 Å². The van der Waals surface area contributed by atoms with Crippen LogP contribution in [0, 0.1) is 5.41 Å². The summed E-state index contributed by atoms with van der Waals surface area (Å²) in [5.74, 6) is 0.769. The second kappa shape index (κ2) is 10.3. The van der Waals surface area contributed by atoms with Crippen LogP contribution in [0.1, 0.15) is 25.3 Å². The smallest absolute Gasteiger partial charge is 0.218 e. The molecule has 10 heteroatoms. The summed E-state index contributed by atoms with van der Waals surface area (Å²) in [5.41, 5.74) is 6.16. The van der Waals surface area contributed by atoms with Crippen LogP contribution >= 0.6 is 27.5 Å². The van der Waals surface area contributed by atoms with E-state index in [1.807, 2.05) is 65.9 Å². The molecule has 3 aliphatic rings. The Labute approximate surface area is 226 Å². The van der Waals surface area contributed by atoms with Crippen molar-refractivity contribution in [3.63, 3.8) is 0 Å². The molecule has 0 radical (unpaired) electrons. The number of nitrogens with zero attached hydrogens (tertiary/aromatic N) is 3. The van der Waals surface area contributed by atoms with Gasteiger partial charge < -0.3 is 9.64 Å². The number of benzene rings is 2. The molecular formula is C26H30BrClN4O3S. The van der Waals surface area contributed by atoms with Crippen LogP contribution in [0.2, 0.25) is 5.02 Å². The molecule has 2 aromatic carbocycles. The fourth-order valence-electron chi connectivity index (χ4n) is 4.30. The van der Waals surface area contributed by atoms with E-state index in [4.69, 9.17) is 16.3 Å². The number of hydrogen-bond donors (Lipinski definition) is 1. The molecule has 2 fully saturated rings. The Bertz CT molecular complexity index is 1290. The molecule has 0 aromatic heterocycles. The van der Waals surface area contributed by atoms with Gasteiger partial charge in [-0.05, 0) is 48.7 Å². The minimum absolute atomic E-state index is 0.00185. The van der Waals surface area contributed by atoms with E-state index in [-0.39, 0.29) is 11.2 Å². The topological polar surface area (TPSA) is 65.1 Å². The molecule has 1 aliphatic carbocycles. The zero-order chi connectivity index (χ0) is 25.3. The van der Waals surface area contributed by atoms with E-state index >= 15 is 0 Å². The Hall–Kier alpha value is -2.20. The second-order valence-corrected chi connectivity index (χ2v) is 13.2. The largest absolute Gasteiger partial charge is 0.489 e. The predicted octanol–water partition coefficient (Wildman–Crippen LogP) is 5.07. The molecule has 5 rings (SSSR count). The van der Waals surface area contributed by atoms with Gasteiger partial charge >= 0.3 is 0 Å². The molecular weight excluding hydrogens is 564 g/mol. The summed E-state index contributed by atoms with van der Waals surface area (Å²) in [5, 5.41) is 2.55. The third kappa shape index (κ3) is 6.02. The SMILES string of the molecule is CC1(COC2=CN(c3cccc(Cl)c3)NC=C2N2CCN(S(=O)(=O)Cc3cccc(Br)c3)CC2)CC1. The minimum atomic E-state index is -3.41. The lowest BCUT2D eigenvalue weighted by Crippen LogP contribution is -2.49. The highest BCUT2D eigenvalue weighted by atomic mass is 79.9. The molecule has 0 unspecified atom stereocenters. The van der Waals surface area contributed by atoms with Gasteiger partial charge in [0, 0.05) is 47.3 Å². The fourth-order valence-corrected chi connectivity index (χ4v) is 6.44. The zero-order valence-corrected chi connectivity index (χ0v) is 23.3. The number of rotatable bonds is 8. The first-order chi connectivity index (χ1) is 17.2. The lowest BCUT2D eigenvalue weighted by molar-refractivity contribution is 0.142. The van der Waals surface area contributed by atoms with Crippen LogP contribution in [0.15, 0.2) is 76.9 Å². The van der Waals surface area contributed by atoms with Gasteiger partial charge in [-0.25, -0.2) is 8.42 Å². The first-order valence-corrected chi connectivity index (χ1v) is 14.8. The maximum absolute atomic E-state index is 13.1. The number of hydrogen-bond acceptors (Lipinski definition) is 6. The van der Waals surface area contributed by atoms with Gasteiger partial charge in [0.15, 0.2) is 5.76 Å². The van der Waals surface area contributed by atoms with Crippen LogP contribution in [-0.2, 0) is 20.5 Å². The van der Waals surface area contributed by atoms with Gasteiger partial charge in [0.05, 0.1) is 29.9 Å². The standard InChI is InChI=1S/C26H30BrClN4O3S/c1-26(8-9-26)19-35-25-17-32(23-7-3-6-22(28)15-23)29-16-24(25)30-10-12-31(13-11-30)36(33,34)18-20-4-2-5-21(27)14-20/h2-7,14-17,29H,8-13,18-19H2,1H3. The zero-order valence-electron chi connectivity index (χ0n) is 20.2. The van der Waals surface area contributed by atoms with E-state index in [2.05, 4.69) is 33.2 Å². The molecule has 1 saturated carbocycles. The Morgan fingerprint density at radius 1 is 1.08 bits per heavy atom. The number of ether oxygens (including phenoxy) is 1. The number of piperazine rings is 1. The molecule has 7 nitrogen and oxygen atoms in total. The number of hydrazine groups is 1. The molecule has 2 heterocycles. The van der Waals surface area contributed by atoms with Crippen molar-refractivity contribution in [1.29, 1.82) is 0 Å². The average molecular weight is 594 g/mol. The molecule has 1 N–H and O–H groups in total. The number of sulfonamides is 1. The Kier molecular flexibility index (Phi) is 7.27. The first kappa shape index (κ1) is 25.4. The van der Waals surface area contributed by atoms with Crippen LogP contribution in [0.5, 0.6) is 0 Å². The molecule has 0 amide bonds. The summed E-state index contributed by atoms with van der Waals surface area (Å²) < 4.78 is 35.0. The van der Waals surface area contributed by atoms with Gasteiger partial charge in [-0.3, -0.25) is 10.4 Å². The van der Waals surface area contributed by atoms with E-state index < -0.39 is 10.0 Å². The molecule has 0 atom stereocenters. The summed E-state index contributed by atoms with van der Waals surface area (Å²) in [6.45, 7) is 4.91. The molecule has 1 saturated heterocycles. The van der Waals surface area contributed by atoms with Gasteiger partial charge in [0.2, 0.25) is 10.0 Å². The summed E-state index contributed by atoms with van der Waals surface area (Å²) in [6.07, 6.45) is 6.22. The maximum atomic E-state index is 13.1. The van der Waals surface area contributed by atoms with Crippen LogP contribution in [0.25, 0.3) is 0 Å². The molecule has 2 aromatic rings. The van der Waals surface area contributed by atoms with Crippen molar-refractivity contribution in [3.8, 4) is 0 Å². The fraction of sp³-hybridized carbons (Fsp3) is 0.385. The third-order valence-electron chi connectivity index (χ3n) is 6.82. The van der Waals surface area contributed by atoms with Gasteiger partial charge in [-0.15, -0.1) is 0 Å². The highest BCUT2D eigenvalue weighted by molar-refractivity contribution is 9.10. The number of anilines is 1. The minimum Gasteiger partial charge on any atom is -0.489 e.